The number of carbonyl (C=O) groups excluding carboxylic acids is 3. The van der Waals surface area contributed by atoms with E-state index < -0.39 is 18.5 Å². The van der Waals surface area contributed by atoms with Crippen LogP contribution < -0.4 is 10.1 Å². The molecule has 0 radical (unpaired) electrons. The van der Waals surface area contributed by atoms with Crippen molar-refractivity contribution in [3.8, 4) is 5.75 Å². The van der Waals surface area contributed by atoms with E-state index in [1.54, 1.807) is 48.5 Å². The fourth-order valence-corrected chi connectivity index (χ4v) is 2.04. The third-order valence-corrected chi connectivity index (χ3v) is 3.21. The highest BCUT2D eigenvalue weighted by Gasteiger charge is 2.14. The number of ether oxygens (including phenoxy) is 2. The van der Waals surface area contributed by atoms with E-state index in [4.69, 9.17) is 9.47 Å². The first-order valence-electron chi connectivity index (χ1n) is 7.22. The predicted molar refractivity (Wildman–Crippen MR) is 88.4 cm³/mol. The van der Waals surface area contributed by atoms with Crippen molar-refractivity contribution in [3.05, 3.63) is 59.7 Å². The number of esters is 1. The average molecular weight is 327 g/mol. The lowest BCUT2D eigenvalue weighted by Crippen LogP contribution is -2.21. The van der Waals surface area contributed by atoms with Gasteiger partial charge in [0, 0.05) is 11.3 Å². The lowest BCUT2D eigenvalue weighted by molar-refractivity contribution is -0.119. The number of hydrogen-bond acceptors (Lipinski definition) is 5. The minimum atomic E-state index is -0.653. The summed E-state index contributed by atoms with van der Waals surface area (Å²) in [7, 11) is 1.45. The van der Waals surface area contributed by atoms with Gasteiger partial charge in [-0.1, -0.05) is 24.3 Å². The normalized spacial score (nSPS) is 9.92. The van der Waals surface area contributed by atoms with Crippen LogP contribution in [0.3, 0.4) is 0 Å². The lowest BCUT2D eigenvalue weighted by Gasteiger charge is -2.09. The molecule has 0 saturated heterocycles. The van der Waals surface area contributed by atoms with Crippen molar-refractivity contribution in [2.75, 3.05) is 19.0 Å². The molecule has 0 heterocycles. The highest BCUT2D eigenvalue weighted by Crippen LogP contribution is 2.18. The Morgan fingerprint density at radius 1 is 1.04 bits per heavy atom. The molecule has 1 N–H and O–H groups in total. The average Bonchev–Trinajstić information content (AvgIpc) is 2.59. The molecular weight excluding hydrogens is 310 g/mol. The number of rotatable bonds is 6. The minimum Gasteiger partial charge on any atom is -0.496 e. The first-order valence-corrected chi connectivity index (χ1v) is 7.22. The highest BCUT2D eigenvalue weighted by molar-refractivity contribution is 5.98. The first-order chi connectivity index (χ1) is 11.5. The lowest BCUT2D eigenvalue weighted by atomic mass is 10.1. The predicted octanol–water partition coefficient (Wildman–Crippen LogP) is 2.69. The number of nitrogens with one attached hydrogen (secondary N) is 1. The van der Waals surface area contributed by atoms with E-state index in [1.807, 2.05) is 0 Å². The van der Waals surface area contributed by atoms with Crippen molar-refractivity contribution >= 4 is 23.3 Å². The molecule has 1 amide bonds. The van der Waals surface area contributed by atoms with Gasteiger partial charge in [-0.15, -0.1) is 0 Å². The van der Waals surface area contributed by atoms with Crippen molar-refractivity contribution in [1.82, 2.24) is 0 Å². The zero-order valence-electron chi connectivity index (χ0n) is 13.4. The van der Waals surface area contributed by atoms with Gasteiger partial charge in [0.2, 0.25) is 0 Å². The maximum atomic E-state index is 12.0. The molecule has 0 fully saturated rings. The SMILES string of the molecule is COc1ccccc1C(=O)OCC(=O)Nc1cccc(C(C)=O)c1. The van der Waals surface area contributed by atoms with E-state index in [2.05, 4.69) is 5.32 Å². The van der Waals surface area contributed by atoms with Gasteiger partial charge in [0.25, 0.3) is 5.91 Å². The van der Waals surface area contributed by atoms with E-state index in [9.17, 15) is 14.4 Å². The van der Waals surface area contributed by atoms with E-state index in [1.165, 1.54) is 14.0 Å². The Labute approximate surface area is 139 Å². The van der Waals surface area contributed by atoms with Crippen LogP contribution in [0.5, 0.6) is 5.75 Å². The van der Waals surface area contributed by atoms with E-state index in [0.717, 1.165) is 0 Å². The van der Waals surface area contributed by atoms with Crippen LogP contribution in [-0.2, 0) is 9.53 Å². The molecular formula is C18H17NO5. The van der Waals surface area contributed by atoms with Crippen molar-refractivity contribution in [1.29, 1.82) is 0 Å². The van der Waals surface area contributed by atoms with Gasteiger partial charge in [-0.2, -0.15) is 0 Å². The molecule has 2 aromatic rings. The molecule has 0 aliphatic carbocycles. The largest absolute Gasteiger partial charge is 0.496 e. The Bertz CT molecular complexity index is 770. The van der Waals surface area contributed by atoms with Gasteiger partial charge in [-0.3, -0.25) is 9.59 Å². The Morgan fingerprint density at radius 2 is 1.79 bits per heavy atom. The van der Waals surface area contributed by atoms with Crippen LogP contribution in [0.15, 0.2) is 48.5 Å². The molecule has 0 bridgehead atoms. The second-order valence-electron chi connectivity index (χ2n) is 4.96. The molecule has 0 aromatic heterocycles. The van der Waals surface area contributed by atoms with Crippen LogP contribution in [0.1, 0.15) is 27.6 Å². The maximum absolute atomic E-state index is 12.0. The topological polar surface area (TPSA) is 81.7 Å². The van der Waals surface area contributed by atoms with Crippen molar-refractivity contribution in [2.45, 2.75) is 6.92 Å². The summed E-state index contributed by atoms with van der Waals surface area (Å²) in [5.41, 5.74) is 1.19. The summed E-state index contributed by atoms with van der Waals surface area (Å²) in [4.78, 5) is 35.2. The second-order valence-corrected chi connectivity index (χ2v) is 4.96. The first kappa shape index (κ1) is 17.2. The number of carbonyl (C=O) groups is 3. The van der Waals surface area contributed by atoms with Crippen molar-refractivity contribution in [2.24, 2.45) is 0 Å². The van der Waals surface area contributed by atoms with Crippen LogP contribution in [0.25, 0.3) is 0 Å². The van der Waals surface area contributed by atoms with Gasteiger partial charge in [0.15, 0.2) is 12.4 Å². The smallest absolute Gasteiger partial charge is 0.342 e. The van der Waals surface area contributed by atoms with E-state index in [-0.39, 0.29) is 11.3 Å². The number of hydrogen-bond donors (Lipinski definition) is 1. The Hall–Kier alpha value is -3.15. The summed E-state index contributed by atoms with van der Waals surface area (Å²) < 4.78 is 10.1. The van der Waals surface area contributed by atoms with E-state index >= 15 is 0 Å². The summed E-state index contributed by atoms with van der Waals surface area (Å²) >= 11 is 0. The molecule has 0 aliphatic heterocycles. The molecule has 0 spiro atoms. The van der Waals surface area contributed by atoms with Crippen LogP contribution in [0.2, 0.25) is 0 Å². The zero-order chi connectivity index (χ0) is 17.5. The number of amides is 1. The molecule has 0 saturated carbocycles. The van der Waals surface area contributed by atoms with Crippen LogP contribution in [-0.4, -0.2) is 31.4 Å². The van der Waals surface area contributed by atoms with Crippen molar-refractivity contribution < 1.29 is 23.9 Å². The minimum absolute atomic E-state index is 0.103. The number of benzene rings is 2. The number of methoxy groups -OCH3 is 1. The summed E-state index contributed by atoms with van der Waals surface area (Å²) in [6.45, 7) is 0.997. The highest BCUT2D eigenvalue weighted by atomic mass is 16.5. The third-order valence-electron chi connectivity index (χ3n) is 3.21. The van der Waals surface area contributed by atoms with Gasteiger partial charge >= 0.3 is 5.97 Å². The van der Waals surface area contributed by atoms with Crippen LogP contribution in [0, 0.1) is 0 Å². The molecule has 0 aliphatic rings. The number of Topliss-reactive ketones (excluding diaryl/α,β-unsaturated/α-hetero) is 1. The zero-order valence-corrected chi connectivity index (χ0v) is 13.4. The number of anilines is 1. The van der Waals surface area contributed by atoms with Gasteiger partial charge in [-0.25, -0.2) is 4.79 Å². The molecule has 6 nitrogen and oxygen atoms in total. The summed E-state index contributed by atoms with van der Waals surface area (Å²) in [5.74, 6) is -0.884. The van der Waals surface area contributed by atoms with Gasteiger partial charge in [0.05, 0.1) is 7.11 Å². The standard InChI is InChI=1S/C18H17NO5/c1-12(20)13-6-5-7-14(10-13)19-17(21)11-24-18(22)15-8-3-4-9-16(15)23-2/h3-10H,11H2,1-2H3,(H,19,21). The fourth-order valence-electron chi connectivity index (χ4n) is 2.04. The second kappa shape index (κ2) is 7.92. The van der Waals surface area contributed by atoms with E-state index in [0.29, 0.717) is 17.0 Å². The van der Waals surface area contributed by atoms with Gasteiger partial charge in [-0.05, 0) is 31.2 Å². The van der Waals surface area contributed by atoms with Gasteiger partial charge < -0.3 is 14.8 Å². The molecule has 124 valence electrons. The van der Waals surface area contributed by atoms with Crippen LogP contribution in [0.4, 0.5) is 5.69 Å². The number of para-hydroxylation sites is 1. The maximum Gasteiger partial charge on any atom is 0.342 e. The number of ketones is 1. The Balaban J connectivity index is 1.94. The third kappa shape index (κ3) is 4.42. The van der Waals surface area contributed by atoms with Crippen molar-refractivity contribution in [3.63, 3.8) is 0 Å². The summed E-state index contributed by atoms with van der Waals surface area (Å²) in [6, 6.07) is 13.1. The Morgan fingerprint density at radius 3 is 2.50 bits per heavy atom. The molecule has 2 rings (SSSR count). The van der Waals surface area contributed by atoms with Gasteiger partial charge in [0.1, 0.15) is 11.3 Å². The molecule has 2 aromatic carbocycles. The van der Waals surface area contributed by atoms with Crippen LogP contribution >= 0.6 is 0 Å². The summed E-state index contributed by atoms with van der Waals surface area (Å²) in [5, 5.41) is 2.57. The quantitative estimate of drug-likeness (QED) is 0.651. The molecule has 6 heteroatoms. The monoisotopic (exact) mass is 327 g/mol. The Kier molecular flexibility index (Phi) is 5.68. The fraction of sp³-hybridized carbons (Fsp3) is 0.167. The molecule has 0 unspecified atom stereocenters. The molecule has 24 heavy (non-hydrogen) atoms. The summed E-state index contributed by atoms with van der Waals surface area (Å²) in [6.07, 6.45) is 0. The molecule has 0 atom stereocenters.